The van der Waals surface area contributed by atoms with E-state index in [1.165, 1.54) is 0 Å². The SMILES string of the molecule is CCN(CC)CCOC(C)CCNC(C)(C)C. The number of nitrogens with one attached hydrogen (secondary N) is 1. The first-order valence-electron chi connectivity index (χ1n) is 6.98. The summed E-state index contributed by atoms with van der Waals surface area (Å²) < 4.78 is 5.81. The van der Waals surface area contributed by atoms with Crippen molar-refractivity contribution in [1.82, 2.24) is 10.2 Å². The molecule has 0 aliphatic heterocycles. The standard InChI is InChI=1S/C14H32N2O/c1-7-16(8-2)11-12-17-13(3)9-10-15-14(4,5)6/h13,15H,7-12H2,1-6H3. The van der Waals surface area contributed by atoms with Gasteiger partial charge in [0.25, 0.3) is 0 Å². The van der Waals surface area contributed by atoms with Gasteiger partial charge in [-0.05, 0) is 53.8 Å². The maximum absolute atomic E-state index is 5.81. The molecule has 0 aliphatic rings. The van der Waals surface area contributed by atoms with E-state index in [2.05, 4.69) is 51.8 Å². The lowest BCUT2D eigenvalue weighted by molar-refractivity contribution is 0.0445. The van der Waals surface area contributed by atoms with Crippen molar-refractivity contribution in [3.63, 3.8) is 0 Å². The second-order valence-electron chi connectivity index (χ2n) is 5.67. The van der Waals surface area contributed by atoms with E-state index in [1.54, 1.807) is 0 Å². The van der Waals surface area contributed by atoms with Gasteiger partial charge < -0.3 is 15.0 Å². The first kappa shape index (κ1) is 16.9. The molecule has 0 aliphatic carbocycles. The summed E-state index contributed by atoms with van der Waals surface area (Å²) in [6.07, 6.45) is 1.43. The van der Waals surface area contributed by atoms with Crippen molar-refractivity contribution in [1.29, 1.82) is 0 Å². The molecule has 104 valence electrons. The van der Waals surface area contributed by atoms with E-state index in [0.717, 1.165) is 39.2 Å². The molecule has 0 spiro atoms. The molecular weight excluding hydrogens is 212 g/mol. The number of hydrogen-bond acceptors (Lipinski definition) is 3. The molecule has 1 unspecified atom stereocenters. The van der Waals surface area contributed by atoms with Crippen molar-refractivity contribution >= 4 is 0 Å². The van der Waals surface area contributed by atoms with Gasteiger partial charge in [-0.15, -0.1) is 0 Å². The van der Waals surface area contributed by atoms with E-state index in [-0.39, 0.29) is 5.54 Å². The lowest BCUT2D eigenvalue weighted by Gasteiger charge is -2.23. The Morgan fingerprint density at radius 1 is 1.18 bits per heavy atom. The van der Waals surface area contributed by atoms with Crippen LogP contribution in [0.25, 0.3) is 0 Å². The molecule has 0 aromatic rings. The zero-order valence-corrected chi connectivity index (χ0v) is 12.7. The van der Waals surface area contributed by atoms with Crippen LogP contribution in [0.4, 0.5) is 0 Å². The number of likely N-dealkylation sites (N-methyl/N-ethyl adjacent to an activating group) is 1. The van der Waals surface area contributed by atoms with Crippen molar-refractivity contribution in [3.05, 3.63) is 0 Å². The van der Waals surface area contributed by atoms with Crippen LogP contribution < -0.4 is 5.32 Å². The highest BCUT2D eigenvalue weighted by Gasteiger charge is 2.09. The van der Waals surface area contributed by atoms with Crippen molar-refractivity contribution in [2.75, 3.05) is 32.8 Å². The third-order valence-corrected chi connectivity index (χ3v) is 2.91. The maximum atomic E-state index is 5.81. The van der Waals surface area contributed by atoms with Gasteiger partial charge in [-0.25, -0.2) is 0 Å². The van der Waals surface area contributed by atoms with Gasteiger partial charge in [-0.2, -0.15) is 0 Å². The van der Waals surface area contributed by atoms with E-state index in [1.807, 2.05) is 0 Å². The largest absolute Gasteiger partial charge is 0.377 e. The van der Waals surface area contributed by atoms with Crippen molar-refractivity contribution in [2.24, 2.45) is 0 Å². The number of hydrogen-bond donors (Lipinski definition) is 1. The summed E-state index contributed by atoms with van der Waals surface area (Å²) in [5.74, 6) is 0. The molecule has 3 nitrogen and oxygen atoms in total. The van der Waals surface area contributed by atoms with Crippen LogP contribution in [0.1, 0.15) is 48.0 Å². The average Bonchev–Trinajstić information content (AvgIpc) is 2.22. The van der Waals surface area contributed by atoms with E-state index >= 15 is 0 Å². The summed E-state index contributed by atoms with van der Waals surface area (Å²) in [4.78, 5) is 2.39. The van der Waals surface area contributed by atoms with Gasteiger partial charge in [0.05, 0.1) is 12.7 Å². The second-order valence-corrected chi connectivity index (χ2v) is 5.67. The molecule has 0 heterocycles. The number of nitrogens with zero attached hydrogens (tertiary/aromatic N) is 1. The Morgan fingerprint density at radius 3 is 2.24 bits per heavy atom. The van der Waals surface area contributed by atoms with E-state index in [9.17, 15) is 0 Å². The Balaban J connectivity index is 3.49. The van der Waals surface area contributed by atoms with Gasteiger partial charge in [-0.1, -0.05) is 13.8 Å². The number of rotatable bonds is 9. The minimum absolute atomic E-state index is 0.209. The van der Waals surface area contributed by atoms with Crippen LogP contribution in [0.5, 0.6) is 0 Å². The summed E-state index contributed by atoms with van der Waals surface area (Å²) in [6, 6.07) is 0. The van der Waals surface area contributed by atoms with Crippen LogP contribution in [0.3, 0.4) is 0 Å². The van der Waals surface area contributed by atoms with Gasteiger partial charge in [0.1, 0.15) is 0 Å². The normalized spacial score (nSPS) is 14.3. The molecule has 17 heavy (non-hydrogen) atoms. The van der Waals surface area contributed by atoms with Crippen LogP contribution in [-0.4, -0.2) is 49.3 Å². The van der Waals surface area contributed by atoms with Gasteiger partial charge in [0.15, 0.2) is 0 Å². The second kappa shape index (κ2) is 8.90. The van der Waals surface area contributed by atoms with E-state index in [4.69, 9.17) is 4.74 Å². The van der Waals surface area contributed by atoms with Crippen LogP contribution in [0.2, 0.25) is 0 Å². The summed E-state index contributed by atoms with van der Waals surface area (Å²) in [5.41, 5.74) is 0.209. The molecule has 0 amide bonds. The summed E-state index contributed by atoms with van der Waals surface area (Å²) >= 11 is 0. The fourth-order valence-corrected chi connectivity index (χ4v) is 1.66. The fourth-order valence-electron chi connectivity index (χ4n) is 1.66. The Hall–Kier alpha value is -0.120. The van der Waals surface area contributed by atoms with Crippen LogP contribution in [0.15, 0.2) is 0 Å². The van der Waals surface area contributed by atoms with Crippen molar-refractivity contribution in [2.45, 2.75) is 59.6 Å². The lowest BCUT2D eigenvalue weighted by Crippen LogP contribution is -2.37. The molecule has 0 saturated carbocycles. The molecule has 0 aromatic heterocycles. The Labute approximate surface area is 108 Å². The average molecular weight is 244 g/mol. The molecular formula is C14H32N2O. The third-order valence-electron chi connectivity index (χ3n) is 2.91. The lowest BCUT2D eigenvalue weighted by atomic mass is 10.1. The molecule has 1 atom stereocenters. The predicted octanol–water partition coefficient (Wildman–Crippen LogP) is 2.51. The smallest absolute Gasteiger partial charge is 0.0597 e. The third kappa shape index (κ3) is 10.7. The van der Waals surface area contributed by atoms with Crippen molar-refractivity contribution in [3.8, 4) is 0 Å². The molecule has 0 saturated heterocycles. The molecule has 0 radical (unpaired) electrons. The Morgan fingerprint density at radius 2 is 1.76 bits per heavy atom. The Bertz CT molecular complexity index is 174. The zero-order valence-electron chi connectivity index (χ0n) is 12.7. The molecule has 0 bridgehead atoms. The minimum atomic E-state index is 0.209. The molecule has 3 heteroatoms. The first-order valence-corrected chi connectivity index (χ1v) is 6.98. The summed E-state index contributed by atoms with van der Waals surface area (Å²) in [6.45, 7) is 18.3. The van der Waals surface area contributed by atoms with E-state index < -0.39 is 0 Å². The molecule has 0 rings (SSSR count). The van der Waals surface area contributed by atoms with Gasteiger partial charge >= 0.3 is 0 Å². The number of ether oxygens (including phenoxy) is 1. The van der Waals surface area contributed by atoms with Crippen molar-refractivity contribution < 1.29 is 4.74 Å². The highest BCUT2D eigenvalue weighted by molar-refractivity contribution is 4.70. The summed E-state index contributed by atoms with van der Waals surface area (Å²) in [5, 5.41) is 3.48. The van der Waals surface area contributed by atoms with Crippen LogP contribution in [0, 0.1) is 0 Å². The Kier molecular flexibility index (Phi) is 8.83. The monoisotopic (exact) mass is 244 g/mol. The molecule has 0 fully saturated rings. The van der Waals surface area contributed by atoms with E-state index in [0.29, 0.717) is 6.10 Å². The maximum Gasteiger partial charge on any atom is 0.0597 e. The minimum Gasteiger partial charge on any atom is -0.377 e. The quantitative estimate of drug-likeness (QED) is 0.674. The molecule has 0 aromatic carbocycles. The van der Waals surface area contributed by atoms with Gasteiger partial charge in [0, 0.05) is 12.1 Å². The van der Waals surface area contributed by atoms with Gasteiger partial charge in [-0.3, -0.25) is 0 Å². The summed E-state index contributed by atoms with van der Waals surface area (Å²) in [7, 11) is 0. The molecule has 1 N–H and O–H groups in total. The highest BCUT2D eigenvalue weighted by atomic mass is 16.5. The topological polar surface area (TPSA) is 24.5 Å². The fraction of sp³-hybridized carbons (Fsp3) is 1.00. The first-order chi connectivity index (χ1) is 7.89. The van der Waals surface area contributed by atoms with Crippen LogP contribution in [-0.2, 0) is 4.74 Å². The zero-order chi connectivity index (χ0) is 13.3. The highest BCUT2D eigenvalue weighted by Crippen LogP contribution is 2.01. The predicted molar refractivity (Wildman–Crippen MR) is 75.6 cm³/mol. The van der Waals surface area contributed by atoms with Crippen LogP contribution >= 0.6 is 0 Å². The van der Waals surface area contributed by atoms with Gasteiger partial charge in [0.2, 0.25) is 0 Å².